The fourth-order valence-electron chi connectivity index (χ4n) is 2.67. The van der Waals surface area contributed by atoms with Crippen molar-refractivity contribution in [3.05, 3.63) is 0 Å². The Labute approximate surface area is 111 Å². The maximum atomic E-state index is 11.8. The van der Waals surface area contributed by atoms with Gasteiger partial charge in [0.05, 0.1) is 5.54 Å². The minimum absolute atomic E-state index is 0.167. The van der Waals surface area contributed by atoms with Crippen molar-refractivity contribution < 1.29 is 4.79 Å². The molecule has 4 nitrogen and oxygen atoms in total. The molecule has 0 aliphatic carbocycles. The summed E-state index contributed by atoms with van der Waals surface area (Å²) >= 11 is 0. The zero-order valence-corrected chi connectivity index (χ0v) is 12.0. The molecule has 4 heteroatoms. The molecule has 0 aromatic heterocycles. The van der Waals surface area contributed by atoms with E-state index in [1.165, 1.54) is 25.7 Å². The van der Waals surface area contributed by atoms with Gasteiger partial charge in [0.2, 0.25) is 5.91 Å². The third kappa shape index (κ3) is 4.25. The monoisotopic (exact) mass is 255 g/mol. The number of unbranched alkanes of at least 4 members (excludes halogenated alkanes) is 4. The molecule has 3 N–H and O–H groups in total. The molecule has 106 valence electrons. The fourth-order valence-corrected chi connectivity index (χ4v) is 2.67. The van der Waals surface area contributed by atoms with Crippen LogP contribution in [-0.4, -0.2) is 42.5 Å². The Balaban J connectivity index is 2.43. The van der Waals surface area contributed by atoms with Crippen LogP contribution in [0.1, 0.15) is 52.4 Å². The summed E-state index contributed by atoms with van der Waals surface area (Å²) < 4.78 is 0. The first-order chi connectivity index (χ1) is 8.61. The van der Waals surface area contributed by atoms with Gasteiger partial charge < -0.3 is 11.1 Å². The Bertz CT molecular complexity index is 251. The van der Waals surface area contributed by atoms with Gasteiger partial charge in [0.1, 0.15) is 0 Å². The second-order valence-electron chi connectivity index (χ2n) is 5.54. The van der Waals surface area contributed by atoms with Crippen molar-refractivity contribution in [2.24, 2.45) is 5.73 Å². The van der Waals surface area contributed by atoms with Crippen molar-refractivity contribution in [3.63, 3.8) is 0 Å². The summed E-state index contributed by atoms with van der Waals surface area (Å²) in [6, 6.07) is 0. The molecule has 0 aromatic carbocycles. The minimum Gasteiger partial charge on any atom is -0.368 e. The van der Waals surface area contributed by atoms with Gasteiger partial charge in [0.15, 0.2) is 0 Å². The number of nitrogens with one attached hydrogen (secondary N) is 1. The quantitative estimate of drug-likeness (QED) is 0.646. The van der Waals surface area contributed by atoms with Crippen LogP contribution in [-0.2, 0) is 4.79 Å². The Hall–Kier alpha value is -0.610. The van der Waals surface area contributed by atoms with Gasteiger partial charge in [0, 0.05) is 26.2 Å². The molecule has 0 saturated carbocycles. The lowest BCUT2D eigenvalue weighted by Crippen LogP contribution is -2.60. The molecule has 1 aliphatic heterocycles. The molecule has 1 unspecified atom stereocenters. The normalized spacial score (nSPS) is 20.6. The number of nitrogens with two attached hydrogens (primary N) is 1. The Morgan fingerprint density at radius 3 is 2.39 bits per heavy atom. The molecular weight excluding hydrogens is 226 g/mol. The lowest BCUT2D eigenvalue weighted by atomic mass is 9.90. The maximum Gasteiger partial charge on any atom is 0.237 e. The lowest BCUT2D eigenvalue weighted by Gasteiger charge is -2.41. The van der Waals surface area contributed by atoms with Gasteiger partial charge in [-0.25, -0.2) is 0 Å². The summed E-state index contributed by atoms with van der Waals surface area (Å²) in [6.07, 6.45) is 7.02. The van der Waals surface area contributed by atoms with Crippen LogP contribution in [0.15, 0.2) is 0 Å². The lowest BCUT2D eigenvalue weighted by molar-refractivity contribution is -0.130. The number of hydrogen-bond acceptors (Lipinski definition) is 3. The summed E-state index contributed by atoms with van der Waals surface area (Å²) in [5.41, 5.74) is 5.19. The highest BCUT2D eigenvalue weighted by Crippen LogP contribution is 2.23. The van der Waals surface area contributed by atoms with Crippen LogP contribution in [0.5, 0.6) is 0 Å². The van der Waals surface area contributed by atoms with Crippen LogP contribution >= 0.6 is 0 Å². The molecular formula is C14H29N3O. The number of amides is 1. The zero-order valence-electron chi connectivity index (χ0n) is 12.0. The van der Waals surface area contributed by atoms with Gasteiger partial charge in [-0.1, -0.05) is 39.0 Å². The molecule has 1 aliphatic rings. The second-order valence-corrected chi connectivity index (χ2v) is 5.54. The largest absolute Gasteiger partial charge is 0.368 e. The van der Waals surface area contributed by atoms with Crippen molar-refractivity contribution in [2.45, 2.75) is 57.9 Å². The van der Waals surface area contributed by atoms with E-state index in [1.54, 1.807) is 0 Å². The number of nitrogens with zero attached hydrogens (tertiary/aromatic N) is 1. The van der Waals surface area contributed by atoms with Crippen molar-refractivity contribution in [1.29, 1.82) is 0 Å². The van der Waals surface area contributed by atoms with Gasteiger partial charge in [0.25, 0.3) is 0 Å². The average Bonchev–Trinajstić information content (AvgIpc) is 2.39. The van der Waals surface area contributed by atoms with Crippen molar-refractivity contribution >= 4 is 5.91 Å². The topological polar surface area (TPSA) is 58.4 Å². The van der Waals surface area contributed by atoms with E-state index in [9.17, 15) is 4.79 Å². The molecule has 18 heavy (non-hydrogen) atoms. The standard InChI is InChI=1S/C14H29N3O/c1-3-4-5-6-7-8-14(2,13(15)18)17-11-9-16-10-12-17/h16H,3-12H2,1-2H3,(H2,15,18). The van der Waals surface area contributed by atoms with Crippen molar-refractivity contribution in [2.75, 3.05) is 26.2 Å². The van der Waals surface area contributed by atoms with Gasteiger partial charge in [-0.05, 0) is 13.3 Å². The fraction of sp³-hybridized carbons (Fsp3) is 0.929. The zero-order chi connectivity index (χ0) is 13.4. The van der Waals surface area contributed by atoms with Crippen LogP contribution in [0.25, 0.3) is 0 Å². The molecule has 0 aromatic rings. The van der Waals surface area contributed by atoms with Gasteiger partial charge in [-0.2, -0.15) is 0 Å². The van der Waals surface area contributed by atoms with Gasteiger partial charge in [-0.3, -0.25) is 9.69 Å². The average molecular weight is 255 g/mol. The van der Waals surface area contributed by atoms with E-state index in [-0.39, 0.29) is 5.91 Å². The van der Waals surface area contributed by atoms with Crippen molar-refractivity contribution in [1.82, 2.24) is 10.2 Å². The van der Waals surface area contributed by atoms with Gasteiger partial charge >= 0.3 is 0 Å². The molecule has 1 amide bonds. The van der Waals surface area contributed by atoms with E-state index in [2.05, 4.69) is 17.1 Å². The number of carbonyl (C=O) groups is 1. The third-order valence-electron chi connectivity index (χ3n) is 4.11. The predicted molar refractivity (Wildman–Crippen MR) is 75.4 cm³/mol. The highest BCUT2D eigenvalue weighted by atomic mass is 16.1. The number of primary amides is 1. The molecule has 1 fully saturated rings. The molecule has 0 spiro atoms. The Morgan fingerprint density at radius 2 is 1.83 bits per heavy atom. The highest BCUT2D eigenvalue weighted by molar-refractivity contribution is 5.84. The van der Waals surface area contributed by atoms with Crippen molar-refractivity contribution in [3.8, 4) is 0 Å². The second kappa shape index (κ2) is 7.74. The smallest absolute Gasteiger partial charge is 0.237 e. The van der Waals surface area contributed by atoms with Gasteiger partial charge in [-0.15, -0.1) is 0 Å². The number of rotatable bonds is 8. The first-order valence-electron chi connectivity index (χ1n) is 7.37. The van der Waals surface area contributed by atoms with E-state index in [1.807, 2.05) is 6.92 Å². The van der Waals surface area contributed by atoms with E-state index < -0.39 is 5.54 Å². The SMILES string of the molecule is CCCCCCCC(C)(C(N)=O)N1CCNCC1. The van der Waals surface area contributed by atoms with Crippen LogP contribution in [0.3, 0.4) is 0 Å². The molecule has 0 bridgehead atoms. The number of hydrogen-bond donors (Lipinski definition) is 2. The third-order valence-corrected chi connectivity index (χ3v) is 4.11. The van der Waals surface area contributed by atoms with Crippen LogP contribution < -0.4 is 11.1 Å². The first kappa shape index (κ1) is 15.4. The predicted octanol–water partition coefficient (Wildman–Crippen LogP) is 1.50. The molecule has 1 rings (SSSR count). The summed E-state index contributed by atoms with van der Waals surface area (Å²) in [5, 5.41) is 3.32. The van der Waals surface area contributed by atoms with E-state index in [0.717, 1.165) is 39.0 Å². The number of carbonyl (C=O) groups excluding carboxylic acids is 1. The maximum absolute atomic E-state index is 11.8. The summed E-state index contributed by atoms with van der Waals surface area (Å²) in [7, 11) is 0. The highest BCUT2D eigenvalue weighted by Gasteiger charge is 2.37. The molecule has 1 atom stereocenters. The molecule has 1 heterocycles. The number of piperazine rings is 1. The van der Waals surface area contributed by atoms with E-state index >= 15 is 0 Å². The summed E-state index contributed by atoms with van der Waals surface area (Å²) in [4.78, 5) is 14.1. The minimum atomic E-state index is -0.450. The van der Waals surface area contributed by atoms with Crippen LogP contribution in [0, 0.1) is 0 Å². The Kier molecular flexibility index (Phi) is 6.65. The first-order valence-corrected chi connectivity index (χ1v) is 7.37. The van der Waals surface area contributed by atoms with Crippen LogP contribution in [0.2, 0.25) is 0 Å². The van der Waals surface area contributed by atoms with E-state index in [0.29, 0.717) is 0 Å². The Morgan fingerprint density at radius 1 is 1.22 bits per heavy atom. The summed E-state index contributed by atoms with van der Waals surface area (Å²) in [6.45, 7) is 7.99. The molecule has 1 saturated heterocycles. The van der Waals surface area contributed by atoms with Crippen LogP contribution in [0.4, 0.5) is 0 Å². The summed E-state index contributed by atoms with van der Waals surface area (Å²) in [5.74, 6) is -0.167. The molecule has 0 radical (unpaired) electrons. The van der Waals surface area contributed by atoms with E-state index in [4.69, 9.17) is 5.73 Å².